The van der Waals surface area contributed by atoms with Gasteiger partial charge in [0.1, 0.15) is 11.6 Å². The van der Waals surface area contributed by atoms with Crippen molar-refractivity contribution in [3.63, 3.8) is 0 Å². The van der Waals surface area contributed by atoms with Gasteiger partial charge in [-0.3, -0.25) is 3.97 Å². The smallest absolute Gasteiger partial charge is 0.168 e. The van der Waals surface area contributed by atoms with Gasteiger partial charge in [0.25, 0.3) is 0 Å². The number of nitrogens with one attached hydrogen (secondary N) is 1. The number of aryl methyl sites for hydroxylation is 1. The van der Waals surface area contributed by atoms with Gasteiger partial charge in [-0.2, -0.15) is 16.9 Å². The lowest BCUT2D eigenvalue weighted by Crippen LogP contribution is -2.27. The van der Waals surface area contributed by atoms with Crippen molar-refractivity contribution in [2.45, 2.75) is 37.1 Å². The van der Waals surface area contributed by atoms with Crippen molar-refractivity contribution in [2.24, 2.45) is 12.8 Å². The van der Waals surface area contributed by atoms with Crippen molar-refractivity contribution < 1.29 is 13.5 Å². The summed E-state index contributed by atoms with van der Waals surface area (Å²) in [6.45, 7) is 4.29. The first-order chi connectivity index (χ1) is 24.1. The van der Waals surface area contributed by atoms with Crippen LogP contribution in [-0.4, -0.2) is 30.2 Å². The van der Waals surface area contributed by atoms with Gasteiger partial charge in [-0.05, 0) is 92.1 Å². The number of ether oxygens (including phenoxy) is 1. The fraction of sp³-hybridized carbons (Fsp3) is 0.211. The van der Waals surface area contributed by atoms with Crippen LogP contribution in [0.1, 0.15) is 37.2 Å². The lowest BCUT2D eigenvalue weighted by molar-refractivity contribution is 0.435. The molecule has 12 heteroatoms. The van der Waals surface area contributed by atoms with Crippen LogP contribution in [0.15, 0.2) is 112 Å². The van der Waals surface area contributed by atoms with E-state index >= 15 is 8.78 Å². The molecule has 4 aromatic carbocycles. The Morgan fingerprint density at radius 2 is 1.84 bits per heavy atom. The first kappa shape index (κ1) is 34.2. The zero-order valence-corrected chi connectivity index (χ0v) is 30.9. The second-order valence-electron chi connectivity index (χ2n) is 12.4. The topological polar surface area (TPSA) is 82.9 Å². The summed E-state index contributed by atoms with van der Waals surface area (Å²) >= 11 is 6.83. The van der Waals surface area contributed by atoms with Crippen LogP contribution in [0.5, 0.6) is 11.5 Å². The van der Waals surface area contributed by atoms with E-state index in [9.17, 15) is 0 Å². The van der Waals surface area contributed by atoms with E-state index < -0.39 is 17.0 Å². The van der Waals surface area contributed by atoms with Gasteiger partial charge < -0.3 is 15.8 Å². The molecule has 0 saturated heterocycles. The molecule has 7 nitrogen and oxygen atoms in total. The number of aromatic nitrogens is 4. The molecule has 1 aliphatic rings. The first-order valence-corrected chi connectivity index (χ1v) is 18.8. The highest BCUT2D eigenvalue weighted by atomic mass is 79.9. The van der Waals surface area contributed by atoms with Gasteiger partial charge in [0.2, 0.25) is 0 Å². The molecule has 7 rings (SSSR count). The third-order valence-electron chi connectivity index (χ3n) is 9.05. The molecule has 0 aliphatic carbocycles. The number of hydrogen-bond acceptors (Lipinski definition) is 7. The lowest BCUT2D eigenvalue weighted by Gasteiger charge is -2.27. The molecule has 1 unspecified atom stereocenters. The van der Waals surface area contributed by atoms with Crippen molar-refractivity contribution in [1.29, 1.82) is 0 Å². The molecule has 0 radical (unpaired) electrons. The maximum absolute atomic E-state index is 16.2. The first-order valence-electron chi connectivity index (χ1n) is 16.1. The van der Waals surface area contributed by atoms with Crippen LogP contribution in [0, 0.1) is 11.6 Å². The normalized spacial score (nSPS) is 18.5. The molecule has 3 N–H and O–H groups in total. The zero-order chi connectivity index (χ0) is 35.0. The van der Waals surface area contributed by atoms with E-state index in [2.05, 4.69) is 40.3 Å². The van der Waals surface area contributed by atoms with E-state index in [1.165, 1.54) is 30.1 Å². The molecule has 0 fully saturated rings. The Balaban J connectivity index is 1.35. The van der Waals surface area contributed by atoms with Crippen LogP contribution in [0.3, 0.4) is 0 Å². The molecule has 2 aromatic heterocycles. The summed E-state index contributed by atoms with van der Waals surface area (Å²) in [6, 6.07) is 25.8. The summed E-state index contributed by atoms with van der Waals surface area (Å²) < 4.78 is 42.7. The highest BCUT2D eigenvalue weighted by molar-refractivity contribution is 9.10. The predicted octanol–water partition coefficient (Wildman–Crippen LogP) is 9.55. The van der Waals surface area contributed by atoms with E-state index in [-0.39, 0.29) is 23.6 Å². The maximum atomic E-state index is 16.2. The van der Waals surface area contributed by atoms with Crippen molar-refractivity contribution in [1.82, 2.24) is 24.1 Å². The molecule has 0 spiro atoms. The highest BCUT2D eigenvalue weighted by Crippen LogP contribution is 2.40. The number of allylic oxidation sites excluding steroid dienone is 1. The van der Waals surface area contributed by atoms with Crippen molar-refractivity contribution >= 4 is 50.5 Å². The summed E-state index contributed by atoms with van der Waals surface area (Å²) in [5.41, 5.74) is 10.1. The van der Waals surface area contributed by atoms with E-state index in [0.717, 1.165) is 31.8 Å². The van der Waals surface area contributed by atoms with Crippen LogP contribution in [0.2, 0.25) is 0 Å². The number of halogens is 3. The number of hydrogen-bond donors (Lipinski definition) is 2. The van der Waals surface area contributed by atoms with Crippen LogP contribution in [0.4, 0.5) is 8.78 Å². The van der Waals surface area contributed by atoms with E-state index in [0.29, 0.717) is 40.6 Å². The maximum Gasteiger partial charge on any atom is 0.168 e. The van der Waals surface area contributed by atoms with Crippen molar-refractivity contribution in [2.75, 3.05) is 11.5 Å². The Hall–Kier alpha value is -4.26. The van der Waals surface area contributed by atoms with Gasteiger partial charge in [-0.1, -0.05) is 46.3 Å². The summed E-state index contributed by atoms with van der Waals surface area (Å²) in [7, 11) is 1.75. The minimum Gasteiger partial charge on any atom is -0.454 e. The summed E-state index contributed by atoms with van der Waals surface area (Å²) in [6.07, 6.45) is 2.64. The van der Waals surface area contributed by atoms with Crippen LogP contribution >= 0.6 is 39.6 Å². The number of benzene rings is 4. The van der Waals surface area contributed by atoms with Gasteiger partial charge in [-0.15, -0.1) is 0 Å². The molecular weight excluding hydrogens is 738 g/mol. The summed E-state index contributed by atoms with van der Waals surface area (Å²) in [5.74, 6) is 1.55. The zero-order valence-electron chi connectivity index (χ0n) is 27.7. The average molecular weight is 774 g/mol. The molecule has 50 heavy (non-hydrogen) atoms. The minimum absolute atomic E-state index is 0.0489. The van der Waals surface area contributed by atoms with Gasteiger partial charge in [0.15, 0.2) is 23.2 Å². The molecule has 1 aliphatic heterocycles. The number of nitrogens with zero attached hydrogens (tertiary/aromatic N) is 4. The second kappa shape index (κ2) is 14.2. The second-order valence-corrected chi connectivity index (χ2v) is 15.5. The van der Waals surface area contributed by atoms with E-state index in [4.69, 9.17) is 20.6 Å². The van der Waals surface area contributed by atoms with Crippen LogP contribution in [-0.2, 0) is 19.0 Å². The quantitative estimate of drug-likeness (QED) is 0.186. The van der Waals surface area contributed by atoms with E-state index in [1.54, 1.807) is 29.6 Å². The van der Waals surface area contributed by atoms with E-state index in [1.807, 2.05) is 65.6 Å². The van der Waals surface area contributed by atoms with Crippen LogP contribution < -0.4 is 15.8 Å². The fourth-order valence-electron chi connectivity index (χ4n) is 6.06. The summed E-state index contributed by atoms with van der Waals surface area (Å²) in [4.78, 5) is 5.96. The van der Waals surface area contributed by atoms with Gasteiger partial charge >= 0.3 is 0 Å². The number of fused-ring (bicyclic) bond motifs is 8. The Kier molecular flexibility index (Phi) is 9.69. The SMILES string of the molecule is C/C1=C(/N)CSCCC(C)(c2cccc(Br)c2)c2nc(n(C)n2)-c2cc(ccc2F)Oc2c(F)cc3c(ccn3Sc3ccccc3)c2CN1. The standard InChI is InChI=1S/C38H35BrF2N6OS2/c1-23-33(42)22-49-17-15-38(2,24-8-7-9-25(39)18-24)37-44-36(46(3)45-37)29-19-26(12-13-31(29)40)48-35-30(21-43-23)28-14-16-47(34(28)20-32(35)41)50-27-10-5-4-6-11-27/h4-14,16,18-20,43H,15,17,21-22,42H2,1-3H3/b33-23-. The van der Waals surface area contributed by atoms with Crippen LogP contribution in [0.25, 0.3) is 22.3 Å². The molecule has 4 bridgehead atoms. The lowest BCUT2D eigenvalue weighted by atomic mass is 9.79. The highest BCUT2D eigenvalue weighted by Gasteiger charge is 2.34. The van der Waals surface area contributed by atoms with Gasteiger partial charge in [0, 0.05) is 63.3 Å². The third kappa shape index (κ3) is 6.76. The number of nitrogens with two attached hydrogens (primary N) is 1. The largest absolute Gasteiger partial charge is 0.454 e. The molecule has 3 heterocycles. The number of thioether (sulfide) groups is 1. The van der Waals surface area contributed by atoms with Crippen molar-refractivity contribution in [3.05, 3.63) is 136 Å². The fourth-order valence-corrected chi connectivity index (χ4v) is 8.47. The van der Waals surface area contributed by atoms with Gasteiger partial charge in [0.05, 0.1) is 16.5 Å². The molecule has 0 saturated carbocycles. The third-order valence-corrected chi connectivity index (χ3v) is 11.5. The molecule has 0 amide bonds. The molecule has 1 atom stereocenters. The Morgan fingerprint density at radius 1 is 1.02 bits per heavy atom. The summed E-state index contributed by atoms with van der Waals surface area (Å²) in [5, 5.41) is 9.08. The molecule has 256 valence electrons. The van der Waals surface area contributed by atoms with Crippen molar-refractivity contribution in [3.8, 4) is 22.9 Å². The Labute approximate surface area is 306 Å². The van der Waals surface area contributed by atoms with Gasteiger partial charge in [-0.25, -0.2) is 18.4 Å². The number of rotatable bonds is 3. The Morgan fingerprint density at radius 3 is 2.64 bits per heavy atom. The Bertz CT molecular complexity index is 2240. The average Bonchev–Trinajstić information content (AvgIpc) is 3.70. The minimum atomic E-state index is -0.586. The molecular formula is C38H35BrF2N6OS2. The molecule has 6 aromatic rings. The predicted molar refractivity (Wildman–Crippen MR) is 202 cm³/mol. The monoisotopic (exact) mass is 772 g/mol.